The largest absolute Gasteiger partial charge is 0.381 e. The molecule has 0 spiro atoms. The van der Waals surface area contributed by atoms with Crippen molar-refractivity contribution in [3.05, 3.63) is 29.8 Å². The highest BCUT2D eigenvalue weighted by Crippen LogP contribution is 2.25. The fourth-order valence-corrected chi connectivity index (χ4v) is 5.88. The number of hydrogen-bond acceptors (Lipinski definition) is 5. The highest BCUT2D eigenvalue weighted by Gasteiger charge is 2.32. The Morgan fingerprint density at radius 3 is 2.28 bits per heavy atom. The molecule has 0 aromatic heterocycles. The molecule has 29 heavy (non-hydrogen) atoms. The van der Waals surface area contributed by atoms with Gasteiger partial charge < -0.3 is 14.5 Å². The number of nitrogens with zero attached hydrogens (tertiary/aromatic N) is 3. The molecule has 0 N–H and O–H groups in total. The molecular formula is C22H37N3O3S. The third kappa shape index (κ3) is 6.01. The monoisotopic (exact) mass is 423 g/mol. The fourth-order valence-electron chi connectivity index (χ4n) is 4.15. The second-order valence-electron chi connectivity index (χ2n) is 8.68. The molecule has 3 rings (SSSR count). The zero-order chi connectivity index (χ0) is 20.9. The lowest BCUT2D eigenvalue weighted by molar-refractivity contribution is 0.0571. The van der Waals surface area contributed by atoms with Crippen LogP contribution in [0.2, 0.25) is 0 Å². The van der Waals surface area contributed by atoms with Gasteiger partial charge in [0.15, 0.2) is 0 Å². The van der Waals surface area contributed by atoms with E-state index in [0.29, 0.717) is 30.6 Å². The molecule has 0 saturated carbocycles. The Balaban J connectivity index is 1.69. The summed E-state index contributed by atoms with van der Waals surface area (Å²) in [7, 11) is -1.35. The number of likely N-dealkylation sites (N-methyl/N-ethyl adjacent to an activating group) is 1. The number of piperazine rings is 1. The highest BCUT2D eigenvalue weighted by atomic mass is 32.2. The van der Waals surface area contributed by atoms with Crippen LogP contribution in [0, 0.1) is 0 Å². The first-order valence-electron chi connectivity index (χ1n) is 11.0. The van der Waals surface area contributed by atoms with E-state index in [1.807, 2.05) is 12.1 Å². The molecule has 1 aromatic carbocycles. The minimum Gasteiger partial charge on any atom is -0.381 e. The minimum absolute atomic E-state index is 0.0333. The van der Waals surface area contributed by atoms with E-state index in [1.54, 1.807) is 16.4 Å². The maximum absolute atomic E-state index is 13.5. The van der Waals surface area contributed by atoms with Crippen LogP contribution >= 0.6 is 0 Å². The molecule has 0 radical (unpaired) electrons. The Morgan fingerprint density at radius 1 is 1.07 bits per heavy atom. The first-order chi connectivity index (χ1) is 13.9. The zero-order valence-electron chi connectivity index (χ0n) is 18.2. The van der Waals surface area contributed by atoms with Crippen molar-refractivity contribution in [2.24, 2.45) is 0 Å². The van der Waals surface area contributed by atoms with E-state index in [2.05, 4.69) is 30.7 Å². The van der Waals surface area contributed by atoms with Crippen molar-refractivity contribution < 1.29 is 13.2 Å². The van der Waals surface area contributed by atoms with Gasteiger partial charge in [-0.25, -0.2) is 8.42 Å². The van der Waals surface area contributed by atoms with Gasteiger partial charge >= 0.3 is 0 Å². The van der Waals surface area contributed by atoms with E-state index in [4.69, 9.17) is 4.74 Å². The maximum Gasteiger partial charge on any atom is 0.243 e. The van der Waals surface area contributed by atoms with Crippen molar-refractivity contribution in [3.8, 4) is 0 Å². The molecule has 0 aliphatic carbocycles. The maximum atomic E-state index is 13.5. The van der Waals surface area contributed by atoms with Gasteiger partial charge in [0.05, 0.1) is 4.90 Å². The lowest BCUT2D eigenvalue weighted by atomic mass is 10.0. The van der Waals surface area contributed by atoms with Crippen molar-refractivity contribution in [2.45, 2.75) is 50.0 Å². The molecule has 7 heteroatoms. The molecule has 0 unspecified atom stereocenters. The summed E-state index contributed by atoms with van der Waals surface area (Å²) in [6.07, 6.45) is 2.42. The van der Waals surface area contributed by atoms with Crippen LogP contribution in [0.5, 0.6) is 0 Å². The summed E-state index contributed by atoms with van der Waals surface area (Å²) in [6, 6.07) is 7.48. The summed E-state index contributed by atoms with van der Waals surface area (Å²) >= 11 is 0. The number of benzene rings is 1. The molecule has 0 atom stereocenters. The van der Waals surface area contributed by atoms with E-state index in [0.717, 1.165) is 57.5 Å². The van der Waals surface area contributed by atoms with Gasteiger partial charge in [-0.3, -0.25) is 0 Å². The summed E-state index contributed by atoms with van der Waals surface area (Å²) in [5.41, 5.74) is 1.16. The third-order valence-corrected chi connectivity index (χ3v) is 8.17. The van der Waals surface area contributed by atoms with Gasteiger partial charge in [0.25, 0.3) is 0 Å². The Morgan fingerprint density at radius 2 is 1.69 bits per heavy atom. The zero-order valence-corrected chi connectivity index (χ0v) is 19.0. The summed E-state index contributed by atoms with van der Waals surface area (Å²) < 4.78 is 34.3. The van der Waals surface area contributed by atoms with Crippen LogP contribution in [0.3, 0.4) is 0 Å². The van der Waals surface area contributed by atoms with Crippen LogP contribution in [0.1, 0.15) is 44.6 Å². The van der Waals surface area contributed by atoms with Gasteiger partial charge in [0, 0.05) is 52.0 Å². The quantitative estimate of drug-likeness (QED) is 0.643. The molecule has 0 amide bonds. The second-order valence-corrected chi connectivity index (χ2v) is 10.6. The first kappa shape index (κ1) is 22.7. The average Bonchev–Trinajstić information content (AvgIpc) is 2.73. The second kappa shape index (κ2) is 10.4. The van der Waals surface area contributed by atoms with Crippen LogP contribution in [0.15, 0.2) is 29.2 Å². The molecule has 2 fully saturated rings. The molecule has 2 heterocycles. The van der Waals surface area contributed by atoms with Crippen LogP contribution in [-0.4, -0.2) is 88.1 Å². The predicted molar refractivity (Wildman–Crippen MR) is 117 cm³/mol. The van der Waals surface area contributed by atoms with Crippen LogP contribution in [0.4, 0.5) is 0 Å². The molecule has 6 nitrogen and oxygen atoms in total. The Hall–Kier alpha value is -0.990. The smallest absolute Gasteiger partial charge is 0.243 e. The van der Waals surface area contributed by atoms with Crippen molar-refractivity contribution >= 4 is 10.0 Å². The fraction of sp³-hybridized carbons (Fsp3) is 0.727. The molecule has 0 bridgehead atoms. The normalized spacial score (nSPS) is 20.6. The lowest BCUT2D eigenvalue weighted by Crippen LogP contribution is -2.47. The van der Waals surface area contributed by atoms with E-state index >= 15 is 0 Å². The third-order valence-electron chi connectivity index (χ3n) is 6.20. The number of rotatable bonds is 8. The summed E-state index contributed by atoms with van der Waals surface area (Å²) in [5, 5.41) is 0. The van der Waals surface area contributed by atoms with Crippen molar-refractivity contribution in [1.29, 1.82) is 0 Å². The van der Waals surface area contributed by atoms with Gasteiger partial charge in [0.1, 0.15) is 0 Å². The van der Waals surface area contributed by atoms with E-state index in [9.17, 15) is 8.42 Å². The number of sulfonamides is 1. The average molecular weight is 424 g/mol. The lowest BCUT2D eigenvalue weighted by Gasteiger charge is -2.35. The van der Waals surface area contributed by atoms with Gasteiger partial charge in [-0.1, -0.05) is 26.0 Å². The minimum atomic E-state index is -3.50. The summed E-state index contributed by atoms with van der Waals surface area (Å²) in [6.45, 7) is 11.4. The number of ether oxygens (including phenoxy) is 1. The van der Waals surface area contributed by atoms with Crippen molar-refractivity contribution in [3.63, 3.8) is 0 Å². The van der Waals surface area contributed by atoms with Crippen LogP contribution in [-0.2, 0) is 14.8 Å². The first-order valence-corrected chi connectivity index (χ1v) is 12.4. The Kier molecular flexibility index (Phi) is 8.10. The highest BCUT2D eigenvalue weighted by molar-refractivity contribution is 7.89. The van der Waals surface area contributed by atoms with Crippen molar-refractivity contribution in [2.75, 3.05) is 59.5 Å². The molecule has 164 valence electrons. The topological polar surface area (TPSA) is 53.1 Å². The number of hydrogen-bond donors (Lipinski definition) is 0. The van der Waals surface area contributed by atoms with E-state index in [-0.39, 0.29) is 6.04 Å². The molecular weight excluding hydrogens is 386 g/mol. The molecule has 2 aliphatic rings. The standard InChI is InChI=1S/C22H37N3O3S/c1-19(2)20-5-7-22(8-6-20)29(26,27)25(21-9-17-28-18-10-21)12-4-11-24-15-13-23(3)14-16-24/h5-8,19,21H,4,9-18H2,1-3H3. The van der Waals surface area contributed by atoms with E-state index in [1.165, 1.54) is 0 Å². The summed E-state index contributed by atoms with van der Waals surface area (Å²) in [4.78, 5) is 5.20. The Bertz CT molecular complexity index is 722. The Labute approximate surface area is 176 Å². The van der Waals surface area contributed by atoms with Gasteiger partial charge in [-0.05, 0) is 56.5 Å². The summed E-state index contributed by atoms with van der Waals surface area (Å²) in [5.74, 6) is 0.391. The molecule has 2 aliphatic heterocycles. The van der Waals surface area contributed by atoms with E-state index < -0.39 is 10.0 Å². The van der Waals surface area contributed by atoms with Gasteiger partial charge in [-0.15, -0.1) is 0 Å². The van der Waals surface area contributed by atoms with Crippen molar-refractivity contribution in [1.82, 2.24) is 14.1 Å². The molecule has 1 aromatic rings. The molecule has 2 saturated heterocycles. The van der Waals surface area contributed by atoms with Gasteiger partial charge in [0.2, 0.25) is 10.0 Å². The van der Waals surface area contributed by atoms with Gasteiger partial charge in [-0.2, -0.15) is 4.31 Å². The van der Waals surface area contributed by atoms with Crippen LogP contribution < -0.4 is 0 Å². The van der Waals surface area contributed by atoms with Crippen LogP contribution in [0.25, 0.3) is 0 Å². The SMILES string of the molecule is CC(C)c1ccc(S(=O)(=O)N(CCCN2CCN(C)CC2)C2CCOCC2)cc1. The predicted octanol–water partition coefficient (Wildman–Crippen LogP) is 2.62.